The van der Waals surface area contributed by atoms with Crippen molar-refractivity contribution in [1.82, 2.24) is 0 Å². The van der Waals surface area contributed by atoms with E-state index in [0.717, 1.165) is 22.4 Å². The van der Waals surface area contributed by atoms with Crippen LogP contribution >= 0.6 is 15.9 Å². The first-order valence-electron chi connectivity index (χ1n) is 5.25. The zero-order valence-electron chi connectivity index (χ0n) is 10.6. The summed E-state index contributed by atoms with van der Waals surface area (Å²) < 4.78 is 10.7. The quantitative estimate of drug-likeness (QED) is 0.785. The standard InChI is InChI=1S/C13H19BrO2/c1-13(2,3)10-6-9(8-14)12(16-5)11(7-10)15-4/h6-7H,8H2,1-5H3. The third kappa shape index (κ3) is 2.70. The van der Waals surface area contributed by atoms with Crippen molar-refractivity contribution in [3.8, 4) is 11.5 Å². The molecular formula is C13H19BrO2. The minimum absolute atomic E-state index is 0.108. The maximum absolute atomic E-state index is 5.37. The van der Waals surface area contributed by atoms with Crippen LogP contribution < -0.4 is 9.47 Å². The number of benzene rings is 1. The van der Waals surface area contributed by atoms with Crippen LogP contribution in [0.15, 0.2) is 12.1 Å². The average Bonchev–Trinajstić information content (AvgIpc) is 2.25. The number of methoxy groups -OCH3 is 2. The van der Waals surface area contributed by atoms with Crippen molar-refractivity contribution in [3.05, 3.63) is 23.3 Å². The summed E-state index contributed by atoms with van der Waals surface area (Å²) in [5.74, 6) is 1.61. The molecule has 0 aliphatic carbocycles. The molecule has 90 valence electrons. The Bertz CT molecular complexity index is 342. The lowest BCUT2D eigenvalue weighted by molar-refractivity contribution is 0.351. The Morgan fingerprint density at radius 1 is 1.12 bits per heavy atom. The van der Waals surface area contributed by atoms with Gasteiger partial charge < -0.3 is 9.47 Å². The Morgan fingerprint density at radius 2 is 1.75 bits per heavy atom. The molecule has 0 fully saturated rings. The number of halogens is 1. The number of hydrogen-bond donors (Lipinski definition) is 0. The van der Waals surface area contributed by atoms with Crippen molar-refractivity contribution < 1.29 is 9.47 Å². The van der Waals surface area contributed by atoms with Crippen molar-refractivity contribution in [2.24, 2.45) is 0 Å². The highest BCUT2D eigenvalue weighted by atomic mass is 79.9. The van der Waals surface area contributed by atoms with E-state index in [1.807, 2.05) is 6.07 Å². The third-order valence-corrected chi connectivity index (χ3v) is 3.17. The SMILES string of the molecule is COc1cc(C(C)(C)C)cc(CBr)c1OC. The third-order valence-electron chi connectivity index (χ3n) is 2.57. The van der Waals surface area contributed by atoms with Crippen molar-refractivity contribution in [1.29, 1.82) is 0 Å². The van der Waals surface area contributed by atoms with Crippen LogP contribution in [0, 0.1) is 0 Å². The summed E-state index contributed by atoms with van der Waals surface area (Å²) >= 11 is 3.48. The number of hydrogen-bond acceptors (Lipinski definition) is 2. The van der Waals surface area contributed by atoms with Gasteiger partial charge in [0.15, 0.2) is 11.5 Å². The van der Waals surface area contributed by atoms with E-state index < -0.39 is 0 Å². The Morgan fingerprint density at radius 3 is 2.12 bits per heavy atom. The van der Waals surface area contributed by atoms with Crippen molar-refractivity contribution in [2.75, 3.05) is 14.2 Å². The van der Waals surface area contributed by atoms with Crippen LogP contribution in [-0.4, -0.2) is 14.2 Å². The molecule has 2 nitrogen and oxygen atoms in total. The Hall–Kier alpha value is -0.700. The lowest BCUT2D eigenvalue weighted by atomic mass is 9.86. The Kier molecular flexibility index (Phi) is 4.25. The van der Waals surface area contributed by atoms with Gasteiger partial charge in [-0.05, 0) is 17.0 Å². The van der Waals surface area contributed by atoms with Crippen LogP contribution in [0.3, 0.4) is 0 Å². The lowest BCUT2D eigenvalue weighted by Crippen LogP contribution is -2.12. The van der Waals surface area contributed by atoms with E-state index in [0.29, 0.717) is 0 Å². The molecule has 0 aromatic heterocycles. The van der Waals surface area contributed by atoms with Gasteiger partial charge in [0, 0.05) is 10.9 Å². The molecule has 0 amide bonds. The van der Waals surface area contributed by atoms with Gasteiger partial charge >= 0.3 is 0 Å². The second-order valence-electron chi connectivity index (χ2n) is 4.75. The second-order valence-corrected chi connectivity index (χ2v) is 5.32. The molecule has 0 aliphatic rings. The Labute approximate surface area is 106 Å². The second kappa shape index (κ2) is 5.09. The maximum atomic E-state index is 5.37. The van der Waals surface area contributed by atoms with Crippen molar-refractivity contribution in [3.63, 3.8) is 0 Å². The van der Waals surface area contributed by atoms with E-state index in [1.54, 1.807) is 14.2 Å². The number of rotatable bonds is 3. The molecular weight excluding hydrogens is 268 g/mol. The molecule has 0 N–H and O–H groups in total. The molecule has 1 rings (SSSR count). The average molecular weight is 287 g/mol. The first kappa shape index (κ1) is 13.4. The predicted molar refractivity (Wildman–Crippen MR) is 70.9 cm³/mol. The van der Waals surface area contributed by atoms with E-state index in [2.05, 4.69) is 42.8 Å². The van der Waals surface area contributed by atoms with Gasteiger partial charge in [0.25, 0.3) is 0 Å². The maximum Gasteiger partial charge on any atom is 0.164 e. The van der Waals surface area contributed by atoms with E-state index in [4.69, 9.17) is 9.47 Å². The summed E-state index contributed by atoms with van der Waals surface area (Å²) in [6, 6.07) is 4.21. The molecule has 0 unspecified atom stereocenters. The van der Waals surface area contributed by atoms with Gasteiger partial charge in [0.05, 0.1) is 14.2 Å². The van der Waals surface area contributed by atoms with Crippen LogP contribution in [0.1, 0.15) is 31.9 Å². The lowest BCUT2D eigenvalue weighted by Gasteiger charge is -2.22. The first-order valence-corrected chi connectivity index (χ1v) is 6.37. The first-order chi connectivity index (χ1) is 7.43. The fraction of sp³-hybridized carbons (Fsp3) is 0.538. The molecule has 0 radical (unpaired) electrons. The predicted octanol–water partition coefficient (Wildman–Crippen LogP) is 3.90. The van der Waals surface area contributed by atoms with Gasteiger partial charge in [-0.15, -0.1) is 0 Å². The monoisotopic (exact) mass is 286 g/mol. The fourth-order valence-corrected chi connectivity index (χ4v) is 1.99. The molecule has 0 bridgehead atoms. The molecule has 0 saturated carbocycles. The van der Waals surface area contributed by atoms with Crippen LogP contribution in [0.4, 0.5) is 0 Å². The molecule has 0 spiro atoms. The van der Waals surface area contributed by atoms with Crippen LogP contribution in [0.2, 0.25) is 0 Å². The van der Waals surface area contributed by atoms with Gasteiger partial charge in [-0.3, -0.25) is 0 Å². The molecule has 3 heteroatoms. The summed E-state index contributed by atoms with van der Waals surface area (Å²) in [7, 11) is 3.34. The van der Waals surface area contributed by atoms with Gasteiger partial charge in [0.2, 0.25) is 0 Å². The summed E-state index contributed by atoms with van der Waals surface area (Å²) in [5, 5.41) is 0.760. The molecule has 0 heterocycles. The molecule has 1 aromatic carbocycles. The van der Waals surface area contributed by atoms with Crippen LogP contribution in [0.5, 0.6) is 11.5 Å². The van der Waals surface area contributed by atoms with Gasteiger partial charge in [0.1, 0.15) is 0 Å². The highest BCUT2D eigenvalue weighted by Gasteiger charge is 2.19. The fourth-order valence-electron chi connectivity index (χ4n) is 1.58. The van der Waals surface area contributed by atoms with Gasteiger partial charge in [-0.2, -0.15) is 0 Å². The summed E-state index contributed by atoms with van der Waals surface area (Å²) in [5.41, 5.74) is 2.47. The van der Waals surface area contributed by atoms with Gasteiger partial charge in [-0.1, -0.05) is 42.8 Å². The number of ether oxygens (including phenoxy) is 2. The largest absolute Gasteiger partial charge is 0.493 e. The molecule has 0 saturated heterocycles. The number of alkyl halides is 1. The molecule has 0 atom stereocenters. The van der Waals surface area contributed by atoms with Gasteiger partial charge in [-0.25, -0.2) is 0 Å². The van der Waals surface area contributed by atoms with Crippen molar-refractivity contribution >= 4 is 15.9 Å². The highest BCUT2D eigenvalue weighted by molar-refractivity contribution is 9.08. The van der Waals surface area contributed by atoms with Crippen molar-refractivity contribution in [2.45, 2.75) is 31.5 Å². The Balaban J connectivity index is 3.37. The normalized spacial score (nSPS) is 11.4. The van der Waals surface area contributed by atoms with E-state index >= 15 is 0 Å². The van der Waals surface area contributed by atoms with Crippen LogP contribution in [0.25, 0.3) is 0 Å². The topological polar surface area (TPSA) is 18.5 Å². The highest BCUT2D eigenvalue weighted by Crippen LogP contribution is 2.37. The molecule has 1 aromatic rings. The van der Waals surface area contributed by atoms with E-state index in [9.17, 15) is 0 Å². The minimum Gasteiger partial charge on any atom is -0.493 e. The summed E-state index contributed by atoms with van der Waals surface area (Å²) in [6.45, 7) is 6.56. The summed E-state index contributed by atoms with van der Waals surface area (Å²) in [4.78, 5) is 0. The smallest absolute Gasteiger partial charge is 0.164 e. The van der Waals surface area contributed by atoms with Crippen LogP contribution in [-0.2, 0) is 10.7 Å². The zero-order chi connectivity index (χ0) is 12.3. The molecule has 0 aliphatic heterocycles. The molecule has 16 heavy (non-hydrogen) atoms. The summed E-state index contributed by atoms with van der Waals surface area (Å²) in [6.07, 6.45) is 0. The van der Waals surface area contributed by atoms with E-state index in [1.165, 1.54) is 5.56 Å². The minimum atomic E-state index is 0.108. The van der Waals surface area contributed by atoms with E-state index in [-0.39, 0.29) is 5.41 Å². The zero-order valence-corrected chi connectivity index (χ0v) is 12.1.